The highest BCUT2D eigenvalue weighted by atomic mass is 16.6. The number of ether oxygens (including phenoxy) is 2. The summed E-state index contributed by atoms with van der Waals surface area (Å²) in [4.78, 5) is 4.48. The summed E-state index contributed by atoms with van der Waals surface area (Å²) in [6.07, 6.45) is -0.153. The van der Waals surface area contributed by atoms with Gasteiger partial charge in [0.05, 0.1) is 13.2 Å². The van der Waals surface area contributed by atoms with Gasteiger partial charge in [0.15, 0.2) is 0 Å². The van der Waals surface area contributed by atoms with Crippen LogP contribution in [0.25, 0.3) is 0 Å². The predicted octanol–water partition coefficient (Wildman–Crippen LogP) is -0.462. The molecule has 0 aliphatic heterocycles. The van der Waals surface area contributed by atoms with E-state index < -0.39 is 0 Å². The molecule has 0 spiro atoms. The van der Waals surface area contributed by atoms with E-state index in [4.69, 9.17) is 15.4 Å². The molecule has 0 aliphatic rings. The third kappa shape index (κ3) is 4.35. The second-order valence-corrected chi connectivity index (χ2v) is 1.67. The van der Waals surface area contributed by atoms with Crippen LogP contribution in [0.4, 0.5) is 0 Å². The minimum atomic E-state index is -0.153. The molecule has 4 heteroatoms. The molecule has 0 saturated carbocycles. The molecule has 0 fully saturated rings. The van der Waals surface area contributed by atoms with Crippen molar-refractivity contribution in [2.45, 2.75) is 6.10 Å². The Balaban J connectivity index is 3.18. The van der Waals surface area contributed by atoms with Gasteiger partial charge in [0.2, 0.25) is 0 Å². The number of methoxy groups -OCH3 is 2. The summed E-state index contributed by atoms with van der Waals surface area (Å²) in [5, 5.41) is 0. The average Bonchev–Trinajstić information content (AvgIpc) is 1.88. The molecule has 0 bridgehead atoms. The van der Waals surface area contributed by atoms with Crippen LogP contribution in [0.15, 0.2) is 0 Å². The van der Waals surface area contributed by atoms with E-state index in [-0.39, 0.29) is 6.10 Å². The Hall–Kier alpha value is -0.160. The molecule has 0 saturated heterocycles. The largest absolute Gasteiger partial charge is 0.382 e. The van der Waals surface area contributed by atoms with Gasteiger partial charge in [0, 0.05) is 14.2 Å². The molecule has 0 unspecified atom stereocenters. The van der Waals surface area contributed by atoms with E-state index >= 15 is 0 Å². The molecular formula is C5H13NO3. The highest BCUT2D eigenvalue weighted by molar-refractivity contribution is 4.50. The summed E-state index contributed by atoms with van der Waals surface area (Å²) in [7, 11) is 3.17. The first-order valence-corrected chi connectivity index (χ1v) is 2.68. The van der Waals surface area contributed by atoms with E-state index in [1.807, 2.05) is 0 Å². The topological polar surface area (TPSA) is 53.7 Å². The Labute approximate surface area is 54.8 Å². The lowest BCUT2D eigenvalue weighted by Crippen LogP contribution is -2.27. The zero-order valence-electron chi connectivity index (χ0n) is 5.79. The second kappa shape index (κ2) is 5.97. The normalized spacial score (nSPS) is 10.7. The predicted molar refractivity (Wildman–Crippen MR) is 32.8 cm³/mol. The van der Waals surface area contributed by atoms with Crippen molar-refractivity contribution >= 4 is 0 Å². The van der Waals surface area contributed by atoms with Crippen molar-refractivity contribution in [2.75, 3.05) is 27.4 Å². The Morgan fingerprint density at radius 2 is 1.67 bits per heavy atom. The smallest absolute Gasteiger partial charge is 0.125 e. The molecular weight excluding hydrogens is 122 g/mol. The van der Waals surface area contributed by atoms with Gasteiger partial charge in [-0.15, -0.1) is 0 Å². The van der Waals surface area contributed by atoms with Crippen LogP contribution in [0, 0.1) is 0 Å². The molecule has 0 rings (SSSR count). The van der Waals surface area contributed by atoms with Gasteiger partial charge in [-0.25, -0.2) is 5.90 Å². The number of nitrogens with two attached hydrogens (primary N) is 1. The number of hydrogen-bond acceptors (Lipinski definition) is 4. The number of rotatable bonds is 5. The van der Waals surface area contributed by atoms with Crippen LogP contribution in [-0.2, 0) is 14.3 Å². The van der Waals surface area contributed by atoms with Crippen LogP contribution in [0.5, 0.6) is 0 Å². The first kappa shape index (κ1) is 8.84. The van der Waals surface area contributed by atoms with E-state index in [2.05, 4.69) is 4.84 Å². The molecule has 0 aromatic rings. The molecule has 0 aromatic heterocycles. The first-order chi connectivity index (χ1) is 4.35. The van der Waals surface area contributed by atoms with Crippen molar-refractivity contribution in [3.8, 4) is 0 Å². The monoisotopic (exact) mass is 135 g/mol. The van der Waals surface area contributed by atoms with Crippen molar-refractivity contribution in [1.29, 1.82) is 0 Å². The Kier molecular flexibility index (Phi) is 5.86. The zero-order chi connectivity index (χ0) is 7.11. The highest BCUT2D eigenvalue weighted by Gasteiger charge is 2.04. The Bertz CT molecular complexity index is 54.2. The lowest BCUT2D eigenvalue weighted by atomic mass is 10.4. The van der Waals surface area contributed by atoms with E-state index in [1.165, 1.54) is 0 Å². The van der Waals surface area contributed by atoms with Crippen LogP contribution in [-0.4, -0.2) is 33.5 Å². The summed E-state index contributed by atoms with van der Waals surface area (Å²) < 4.78 is 9.52. The van der Waals surface area contributed by atoms with Gasteiger partial charge in [-0.2, -0.15) is 0 Å². The van der Waals surface area contributed by atoms with E-state index in [9.17, 15) is 0 Å². The van der Waals surface area contributed by atoms with Gasteiger partial charge in [-0.3, -0.25) is 4.84 Å². The summed E-state index contributed by atoms with van der Waals surface area (Å²) in [5.41, 5.74) is 0. The van der Waals surface area contributed by atoms with Crippen LogP contribution >= 0.6 is 0 Å². The van der Waals surface area contributed by atoms with Crippen molar-refractivity contribution in [1.82, 2.24) is 0 Å². The molecule has 2 N–H and O–H groups in total. The van der Waals surface area contributed by atoms with Gasteiger partial charge in [0.1, 0.15) is 6.10 Å². The van der Waals surface area contributed by atoms with Crippen molar-refractivity contribution in [2.24, 2.45) is 5.90 Å². The zero-order valence-corrected chi connectivity index (χ0v) is 5.79. The van der Waals surface area contributed by atoms with E-state index in [1.54, 1.807) is 14.2 Å². The van der Waals surface area contributed by atoms with E-state index in [0.717, 1.165) is 0 Å². The minimum absolute atomic E-state index is 0.153. The average molecular weight is 135 g/mol. The molecule has 0 radical (unpaired) electrons. The lowest BCUT2D eigenvalue weighted by Gasteiger charge is -2.10. The van der Waals surface area contributed by atoms with Crippen molar-refractivity contribution < 1.29 is 14.3 Å². The molecule has 0 aliphatic carbocycles. The molecule has 0 amide bonds. The van der Waals surface area contributed by atoms with Crippen molar-refractivity contribution in [3.05, 3.63) is 0 Å². The molecule has 9 heavy (non-hydrogen) atoms. The molecule has 4 nitrogen and oxygen atoms in total. The molecule has 0 heterocycles. The molecule has 0 atom stereocenters. The summed E-state index contributed by atoms with van der Waals surface area (Å²) in [6.45, 7) is 0.925. The van der Waals surface area contributed by atoms with Gasteiger partial charge < -0.3 is 9.47 Å². The lowest BCUT2D eigenvalue weighted by molar-refractivity contribution is -0.0425. The van der Waals surface area contributed by atoms with Crippen LogP contribution in [0.1, 0.15) is 0 Å². The summed E-state index contributed by atoms with van der Waals surface area (Å²) in [6, 6.07) is 0. The first-order valence-electron chi connectivity index (χ1n) is 2.68. The van der Waals surface area contributed by atoms with Crippen LogP contribution in [0.3, 0.4) is 0 Å². The summed E-state index contributed by atoms with van der Waals surface area (Å²) >= 11 is 0. The van der Waals surface area contributed by atoms with Gasteiger partial charge in [-0.1, -0.05) is 0 Å². The minimum Gasteiger partial charge on any atom is -0.382 e. The van der Waals surface area contributed by atoms with Crippen LogP contribution in [0.2, 0.25) is 0 Å². The maximum atomic E-state index is 4.88. The fourth-order valence-electron chi connectivity index (χ4n) is 0.498. The fraction of sp³-hybridized carbons (Fsp3) is 1.00. The van der Waals surface area contributed by atoms with Crippen molar-refractivity contribution in [3.63, 3.8) is 0 Å². The van der Waals surface area contributed by atoms with Gasteiger partial charge >= 0.3 is 0 Å². The van der Waals surface area contributed by atoms with E-state index in [0.29, 0.717) is 13.2 Å². The summed E-state index contributed by atoms with van der Waals surface area (Å²) in [5.74, 6) is 4.88. The second-order valence-electron chi connectivity index (χ2n) is 1.67. The van der Waals surface area contributed by atoms with Crippen LogP contribution < -0.4 is 5.90 Å². The molecule has 56 valence electrons. The maximum absolute atomic E-state index is 4.88. The maximum Gasteiger partial charge on any atom is 0.125 e. The number of hydrogen-bond donors (Lipinski definition) is 1. The van der Waals surface area contributed by atoms with Gasteiger partial charge in [-0.05, 0) is 0 Å². The molecule has 0 aromatic carbocycles. The third-order valence-corrected chi connectivity index (χ3v) is 0.898. The SMILES string of the molecule is COCC(COC)ON. The standard InChI is InChI=1S/C5H13NO3/c1-7-3-5(9-6)4-8-2/h5H,3-4,6H2,1-2H3. The quantitative estimate of drug-likeness (QED) is 0.518. The fourth-order valence-corrected chi connectivity index (χ4v) is 0.498. The van der Waals surface area contributed by atoms with Gasteiger partial charge in [0.25, 0.3) is 0 Å². The Morgan fingerprint density at radius 1 is 1.22 bits per heavy atom. The third-order valence-electron chi connectivity index (χ3n) is 0.898. The Morgan fingerprint density at radius 3 is 1.89 bits per heavy atom. The highest BCUT2D eigenvalue weighted by Crippen LogP contribution is 1.87.